The Labute approximate surface area is 179 Å². The van der Waals surface area contributed by atoms with Gasteiger partial charge in [-0.15, -0.1) is 0 Å². The van der Waals surface area contributed by atoms with E-state index >= 15 is 0 Å². The number of benzene rings is 2. The van der Waals surface area contributed by atoms with Crippen LogP contribution in [0.25, 0.3) is 0 Å². The van der Waals surface area contributed by atoms with Gasteiger partial charge in [-0.3, -0.25) is 4.99 Å². The molecule has 2 rings (SSSR count). The summed E-state index contributed by atoms with van der Waals surface area (Å²) >= 11 is 0. The fourth-order valence-corrected chi connectivity index (χ4v) is 4.30. The highest BCUT2D eigenvalue weighted by molar-refractivity contribution is 7.43. The fraction of sp³-hybridized carbons (Fsp3) is 0.296. The molecule has 0 aliphatic rings. The van der Waals surface area contributed by atoms with E-state index in [1.54, 1.807) is 0 Å². The van der Waals surface area contributed by atoms with E-state index in [4.69, 9.17) is 4.99 Å². The predicted octanol–water partition coefficient (Wildman–Crippen LogP) is 7.87. The highest BCUT2D eigenvalue weighted by Crippen LogP contribution is 2.31. The summed E-state index contributed by atoms with van der Waals surface area (Å²) in [5, 5.41) is 1.29. The van der Waals surface area contributed by atoms with Crippen molar-refractivity contribution in [2.24, 2.45) is 4.99 Å². The molecule has 0 aliphatic carbocycles. The molecule has 0 saturated heterocycles. The number of aryl methyl sites for hydroxylation is 2. The van der Waals surface area contributed by atoms with E-state index in [1.807, 2.05) is 0 Å². The van der Waals surface area contributed by atoms with Crippen LogP contribution in [0, 0.1) is 6.92 Å². The van der Waals surface area contributed by atoms with Crippen LogP contribution in [-0.4, -0.2) is 11.9 Å². The highest BCUT2D eigenvalue weighted by atomic mass is 31.1. The number of rotatable bonds is 10. The zero-order valence-corrected chi connectivity index (χ0v) is 19.4. The molecule has 0 amide bonds. The van der Waals surface area contributed by atoms with Crippen molar-refractivity contribution in [2.45, 2.75) is 47.0 Å². The van der Waals surface area contributed by atoms with Crippen LogP contribution in [-0.2, 0) is 6.42 Å². The standard InChI is InChI=1S/C27H34NP/c1-20(2)27(28-24(6)26-14-10-11-21(3)18-26)19-22(4)17-23(5)29-16-15-25-12-8-7-9-13-25/h7-14,18,29H,4-5,15-17,19H2,1-3,6H3. The number of hydrogen-bond acceptors (Lipinski definition) is 1. The van der Waals surface area contributed by atoms with E-state index in [0.717, 1.165) is 45.4 Å². The molecular formula is C27H34NP. The van der Waals surface area contributed by atoms with E-state index in [0.29, 0.717) is 0 Å². The van der Waals surface area contributed by atoms with Crippen LogP contribution in [0.1, 0.15) is 50.3 Å². The van der Waals surface area contributed by atoms with Crippen molar-refractivity contribution in [3.63, 3.8) is 0 Å². The molecule has 0 fully saturated rings. The van der Waals surface area contributed by atoms with Crippen LogP contribution in [0.15, 0.2) is 94.9 Å². The maximum atomic E-state index is 4.94. The van der Waals surface area contributed by atoms with Gasteiger partial charge in [0.15, 0.2) is 0 Å². The van der Waals surface area contributed by atoms with Crippen molar-refractivity contribution in [2.75, 3.05) is 6.16 Å². The molecule has 29 heavy (non-hydrogen) atoms. The Hall–Kier alpha value is -2.24. The maximum Gasteiger partial charge on any atom is 0.0448 e. The normalized spacial score (nSPS) is 11.7. The Morgan fingerprint density at radius 3 is 2.31 bits per heavy atom. The molecule has 1 atom stereocenters. The van der Waals surface area contributed by atoms with Crippen molar-refractivity contribution in [3.8, 4) is 0 Å². The first kappa shape index (κ1) is 23.0. The topological polar surface area (TPSA) is 12.4 Å². The quantitative estimate of drug-likeness (QED) is 0.217. The molecule has 1 nitrogen and oxygen atoms in total. The lowest BCUT2D eigenvalue weighted by Crippen LogP contribution is -1.98. The lowest BCUT2D eigenvalue weighted by Gasteiger charge is -2.12. The molecule has 0 heterocycles. The monoisotopic (exact) mass is 403 g/mol. The minimum atomic E-state index is 0.780. The van der Waals surface area contributed by atoms with Crippen LogP contribution < -0.4 is 0 Å². The molecule has 0 N–H and O–H groups in total. The average Bonchev–Trinajstić information content (AvgIpc) is 2.68. The molecule has 2 aromatic rings. The van der Waals surface area contributed by atoms with Gasteiger partial charge < -0.3 is 0 Å². The van der Waals surface area contributed by atoms with Gasteiger partial charge in [-0.25, -0.2) is 0 Å². The van der Waals surface area contributed by atoms with Crippen LogP contribution in [0.4, 0.5) is 0 Å². The summed E-state index contributed by atoms with van der Waals surface area (Å²) in [5.41, 5.74) is 8.46. The molecule has 0 aliphatic heterocycles. The summed E-state index contributed by atoms with van der Waals surface area (Å²) < 4.78 is 0. The first-order valence-corrected chi connectivity index (χ1v) is 11.5. The van der Waals surface area contributed by atoms with E-state index in [-0.39, 0.29) is 0 Å². The summed E-state index contributed by atoms with van der Waals surface area (Å²) in [4.78, 5) is 4.94. The Morgan fingerprint density at radius 2 is 1.66 bits per heavy atom. The lowest BCUT2D eigenvalue weighted by molar-refractivity contribution is 0.996. The zero-order valence-electron chi connectivity index (χ0n) is 18.4. The smallest absolute Gasteiger partial charge is 0.0448 e. The lowest BCUT2D eigenvalue weighted by atomic mass is 10.0. The van der Waals surface area contributed by atoms with Crippen molar-refractivity contribution >= 4 is 14.3 Å². The second kappa shape index (κ2) is 11.7. The van der Waals surface area contributed by atoms with Gasteiger partial charge in [0.2, 0.25) is 0 Å². The van der Waals surface area contributed by atoms with Gasteiger partial charge in [0.05, 0.1) is 0 Å². The van der Waals surface area contributed by atoms with Gasteiger partial charge in [-0.05, 0) is 57.8 Å². The summed E-state index contributed by atoms with van der Waals surface area (Å²) in [6.07, 6.45) is 3.98. The van der Waals surface area contributed by atoms with Gasteiger partial charge in [-0.2, -0.15) is 0 Å². The number of allylic oxidation sites excluding steroid dienone is 3. The number of hydrogen-bond donors (Lipinski definition) is 0. The van der Waals surface area contributed by atoms with Gasteiger partial charge in [0.1, 0.15) is 0 Å². The molecule has 0 saturated carbocycles. The molecule has 2 heteroatoms. The van der Waals surface area contributed by atoms with E-state index in [2.05, 4.69) is 95.5 Å². The van der Waals surface area contributed by atoms with Gasteiger partial charge in [0.25, 0.3) is 0 Å². The minimum absolute atomic E-state index is 0.780. The molecule has 2 aromatic carbocycles. The average molecular weight is 404 g/mol. The Bertz CT molecular complexity index is 899. The summed E-state index contributed by atoms with van der Waals surface area (Å²) in [7, 11) is 0.780. The third-order valence-electron chi connectivity index (χ3n) is 4.83. The highest BCUT2D eigenvalue weighted by Gasteiger charge is 2.07. The largest absolute Gasteiger partial charge is 0.257 e. The molecule has 0 aromatic heterocycles. The van der Waals surface area contributed by atoms with Crippen LogP contribution in [0.5, 0.6) is 0 Å². The summed E-state index contributed by atoms with van der Waals surface area (Å²) in [6.45, 7) is 17.1. The van der Waals surface area contributed by atoms with Crippen molar-refractivity contribution in [3.05, 3.63) is 107 Å². The third kappa shape index (κ3) is 8.34. The second-order valence-corrected chi connectivity index (χ2v) is 9.44. The van der Waals surface area contributed by atoms with Crippen molar-refractivity contribution < 1.29 is 0 Å². The Balaban J connectivity index is 1.90. The van der Waals surface area contributed by atoms with Gasteiger partial charge >= 0.3 is 0 Å². The van der Waals surface area contributed by atoms with E-state index in [9.17, 15) is 0 Å². The third-order valence-corrected chi connectivity index (χ3v) is 6.00. The summed E-state index contributed by atoms with van der Waals surface area (Å²) in [6, 6.07) is 19.2. The van der Waals surface area contributed by atoms with Crippen molar-refractivity contribution in [1.29, 1.82) is 0 Å². The zero-order chi connectivity index (χ0) is 21.2. The van der Waals surface area contributed by atoms with Gasteiger partial charge in [0, 0.05) is 17.8 Å². The Morgan fingerprint density at radius 1 is 0.931 bits per heavy atom. The Kier molecular flexibility index (Phi) is 9.29. The van der Waals surface area contributed by atoms with E-state index in [1.165, 1.54) is 33.2 Å². The first-order valence-electron chi connectivity index (χ1n) is 10.3. The van der Waals surface area contributed by atoms with Gasteiger partial charge in [-0.1, -0.05) is 98.4 Å². The van der Waals surface area contributed by atoms with Crippen LogP contribution >= 0.6 is 8.58 Å². The number of nitrogens with zero attached hydrogens (tertiary/aromatic N) is 1. The molecular weight excluding hydrogens is 369 g/mol. The molecule has 0 spiro atoms. The minimum Gasteiger partial charge on any atom is -0.257 e. The first-order chi connectivity index (χ1) is 13.8. The van der Waals surface area contributed by atoms with E-state index < -0.39 is 0 Å². The molecule has 152 valence electrons. The van der Waals surface area contributed by atoms with Crippen LogP contribution in [0.2, 0.25) is 0 Å². The second-order valence-electron chi connectivity index (χ2n) is 7.88. The predicted molar refractivity (Wildman–Crippen MR) is 133 cm³/mol. The van der Waals surface area contributed by atoms with Crippen LogP contribution in [0.3, 0.4) is 0 Å². The molecule has 0 radical (unpaired) electrons. The van der Waals surface area contributed by atoms with Crippen molar-refractivity contribution in [1.82, 2.24) is 0 Å². The summed E-state index contributed by atoms with van der Waals surface area (Å²) in [5.74, 6) is 0. The SMILES string of the molecule is C=C(CC(=C)PCCc1ccccc1)CC(N=C(C)c1cccc(C)c1)=C(C)C. The number of aliphatic imine (C=N–C) groups is 1. The molecule has 1 unspecified atom stereocenters. The fourth-order valence-electron chi connectivity index (χ4n) is 3.16. The molecule has 0 bridgehead atoms. The maximum absolute atomic E-state index is 4.94.